The number of amides is 1. The van der Waals surface area contributed by atoms with E-state index in [1.54, 1.807) is 24.3 Å². The van der Waals surface area contributed by atoms with Crippen LogP contribution >= 0.6 is 22.7 Å². The third-order valence-electron chi connectivity index (χ3n) is 4.08. The number of carbonyl (C=O) groups is 2. The Labute approximate surface area is 155 Å². The van der Waals surface area contributed by atoms with Crippen molar-refractivity contribution in [2.75, 3.05) is 11.9 Å². The third kappa shape index (κ3) is 4.38. The van der Waals surface area contributed by atoms with Crippen LogP contribution in [0, 0.1) is 0 Å². The zero-order valence-electron chi connectivity index (χ0n) is 14.2. The van der Waals surface area contributed by atoms with Gasteiger partial charge in [0, 0.05) is 15.8 Å². The average Bonchev–Trinajstić information content (AvgIpc) is 3.16. The summed E-state index contributed by atoms with van der Waals surface area (Å²) >= 11 is 3.09. The lowest BCUT2D eigenvalue weighted by Crippen LogP contribution is -2.13. The summed E-state index contributed by atoms with van der Waals surface area (Å²) in [5.41, 5.74) is 1.63. The van der Waals surface area contributed by atoms with Crippen LogP contribution in [0.5, 0.6) is 0 Å². The molecule has 2 heterocycles. The van der Waals surface area contributed by atoms with E-state index in [1.807, 2.05) is 17.5 Å². The first-order valence-electron chi connectivity index (χ1n) is 8.53. The quantitative estimate of drug-likeness (QED) is 0.459. The maximum Gasteiger partial charge on any atom is 0.341 e. The number of hydrogen-bond acceptors (Lipinski definition) is 5. The minimum Gasteiger partial charge on any atom is -0.462 e. The SMILES string of the molecule is CCOC(=O)c1c(NC(=O)C=Cc2cccs2)sc2c1CCCCC2. The molecule has 25 heavy (non-hydrogen) atoms. The predicted octanol–water partition coefficient (Wildman–Crippen LogP) is 4.91. The molecule has 0 aromatic carbocycles. The normalized spacial score (nSPS) is 14.1. The van der Waals surface area contributed by atoms with Crippen molar-refractivity contribution >= 4 is 45.6 Å². The van der Waals surface area contributed by atoms with Crippen LogP contribution in [0.25, 0.3) is 6.08 Å². The molecule has 3 rings (SSSR count). The van der Waals surface area contributed by atoms with E-state index in [0.29, 0.717) is 17.2 Å². The molecule has 0 bridgehead atoms. The highest BCUT2D eigenvalue weighted by Gasteiger charge is 2.26. The van der Waals surface area contributed by atoms with E-state index in [1.165, 1.54) is 28.7 Å². The lowest BCUT2D eigenvalue weighted by atomic mass is 10.1. The van der Waals surface area contributed by atoms with E-state index in [0.717, 1.165) is 36.1 Å². The van der Waals surface area contributed by atoms with Gasteiger partial charge in [-0.05, 0) is 55.7 Å². The van der Waals surface area contributed by atoms with Crippen LogP contribution in [0.4, 0.5) is 5.00 Å². The summed E-state index contributed by atoms with van der Waals surface area (Å²) < 4.78 is 5.23. The van der Waals surface area contributed by atoms with Gasteiger partial charge in [0.15, 0.2) is 0 Å². The van der Waals surface area contributed by atoms with Crippen molar-refractivity contribution in [2.24, 2.45) is 0 Å². The predicted molar refractivity (Wildman–Crippen MR) is 104 cm³/mol. The molecule has 2 aromatic rings. The van der Waals surface area contributed by atoms with Crippen molar-refractivity contribution in [1.82, 2.24) is 0 Å². The molecule has 6 heteroatoms. The number of thiophene rings is 2. The second-order valence-electron chi connectivity index (χ2n) is 5.83. The summed E-state index contributed by atoms with van der Waals surface area (Å²) in [4.78, 5) is 27.0. The fourth-order valence-electron chi connectivity index (χ4n) is 2.95. The van der Waals surface area contributed by atoms with Gasteiger partial charge in [0.25, 0.3) is 0 Å². The smallest absolute Gasteiger partial charge is 0.341 e. The van der Waals surface area contributed by atoms with E-state index < -0.39 is 0 Å². The van der Waals surface area contributed by atoms with Crippen LogP contribution in [-0.4, -0.2) is 18.5 Å². The largest absolute Gasteiger partial charge is 0.462 e. The van der Waals surface area contributed by atoms with E-state index in [4.69, 9.17) is 4.74 Å². The van der Waals surface area contributed by atoms with Crippen molar-refractivity contribution in [3.05, 3.63) is 44.5 Å². The van der Waals surface area contributed by atoms with Gasteiger partial charge in [-0.1, -0.05) is 12.5 Å². The molecule has 1 N–H and O–H groups in total. The Kier molecular flexibility index (Phi) is 6.04. The Morgan fingerprint density at radius 2 is 2.12 bits per heavy atom. The molecule has 0 aliphatic heterocycles. The second-order valence-corrected chi connectivity index (χ2v) is 7.91. The van der Waals surface area contributed by atoms with Crippen molar-refractivity contribution in [1.29, 1.82) is 0 Å². The Bertz CT molecular complexity index is 775. The van der Waals surface area contributed by atoms with Crippen LogP contribution in [0.2, 0.25) is 0 Å². The summed E-state index contributed by atoms with van der Waals surface area (Å²) in [7, 11) is 0. The maximum atomic E-state index is 12.5. The van der Waals surface area contributed by atoms with Gasteiger partial charge in [0.2, 0.25) is 5.91 Å². The Morgan fingerprint density at radius 3 is 2.88 bits per heavy atom. The van der Waals surface area contributed by atoms with Crippen LogP contribution in [0.15, 0.2) is 23.6 Å². The van der Waals surface area contributed by atoms with Gasteiger partial charge in [0.1, 0.15) is 5.00 Å². The van der Waals surface area contributed by atoms with Crippen molar-refractivity contribution < 1.29 is 14.3 Å². The molecule has 1 aliphatic carbocycles. The van der Waals surface area contributed by atoms with Gasteiger partial charge >= 0.3 is 5.97 Å². The van der Waals surface area contributed by atoms with E-state index in [2.05, 4.69) is 5.32 Å². The van der Waals surface area contributed by atoms with Crippen LogP contribution in [0.1, 0.15) is 51.9 Å². The second kappa shape index (κ2) is 8.45. The van der Waals surface area contributed by atoms with Gasteiger partial charge in [-0.25, -0.2) is 4.79 Å². The van der Waals surface area contributed by atoms with Crippen molar-refractivity contribution in [3.8, 4) is 0 Å². The van der Waals surface area contributed by atoms with Crippen LogP contribution in [0.3, 0.4) is 0 Å². The molecule has 2 aromatic heterocycles. The fourth-order valence-corrected chi connectivity index (χ4v) is 4.85. The van der Waals surface area contributed by atoms with Gasteiger partial charge in [0.05, 0.1) is 12.2 Å². The first kappa shape index (κ1) is 17.9. The third-order valence-corrected chi connectivity index (χ3v) is 6.12. The summed E-state index contributed by atoms with van der Waals surface area (Å²) in [6.07, 6.45) is 8.50. The Hall–Kier alpha value is -1.92. The zero-order chi connectivity index (χ0) is 17.6. The zero-order valence-corrected chi connectivity index (χ0v) is 15.8. The number of anilines is 1. The van der Waals surface area contributed by atoms with Gasteiger partial charge in [-0.3, -0.25) is 4.79 Å². The first-order valence-corrected chi connectivity index (χ1v) is 10.2. The number of hydrogen-bond donors (Lipinski definition) is 1. The van der Waals surface area contributed by atoms with Crippen LogP contribution < -0.4 is 5.32 Å². The number of ether oxygens (including phenoxy) is 1. The van der Waals surface area contributed by atoms with Gasteiger partial charge in [-0.2, -0.15) is 0 Å². The molecular formula is C19H21NO3S2. The molecule has 0 unspecified atom stereocenters. The number of esters is 1. The Balaban J connectivity index is 1.84. The van der Waals surface area contributed by atoms with Gasteiger partial charge < -0.3 is 10.1 Å². The van der Waals surface area contributed by atoms with Crippen molar-refractivity contribution in [2.45, 2.75) is 39.0 Å². The summed E-state index contributed by atoms with van der Waals surface area (Å²) in [5.74, 6) is -0.560. The monoisotopic (exact) mass is 375 g/mol. The molecule has 0 saturated carbocycles. The number of nitrogens with one attached hydrogen (secondary N) is 1. The van der Waals surface area contributed by atoms with Gasteiger partial charge in [-0.15, -0.1) is 22.7 Å². The molecule has 0 radical (unpaired) electrons. The number of rotatable bonds is 5. The number of fused-ring (bicyclic) bond motifs is 1. The molecule has 0 spiro atoms. The summed E-state index contributed by atoms with van der Waals surface area (Å²) in [6, 6.07) is 3.89. The lowest BCUT2D eigenvalue weighted by Gasteiger charge is -2.07. The highest BCUT2D eigenvalue weighted by Crippen LogP contribution is 2.38. The van der Waals surface area contributed by atoms with Crippen LogP contribution in [-0.2, 0) is 22.4 Å². The fraction of sp³-hybridized carbons (Fsp3) is 0.368. The first-order chi connectivity index (χ1) is 12.2. The molecule has 132 valence electrons. The summed E-state index contributed by atoms with van der Waals surface area (Å²) in [5, 5.41) is 5.47. The maximum absolute atomic E-state index is 12.5. The van der Waals surface area contributed by atoms with Crippen molar-refractivity contribution in [3.63, 3.8) is 0 Å². The minimum atomic E-state index is -0.334. The Morgan fingerprint density at radius 1 is 1.28 bits per heavy atom. The molecule has 0 atom stereocenters. The highest BCUT2D eigenvalue weighted by atomic mass is 32.1. The molecule has 0 saturated heterocycles. The van der Waals surface area contributed by atoms with E-state index >= 15 is 0 Å². The molecular weight excluding hydrogens is 354 g/mol. The molecule has 0 fully saturated rings. The lowest BCUT2D eigenvalue weighted by molar-refractivity contribution is -0.111. The number of carbonyl (C=O) groups excluding carboxylic acids is 2. The topological polar surface area (TPSA) is 55.4 Å². The van der Waals surface area contributed by atoms with E-state index in [9.17, 15) is 9.59 Å². The molecule has 1 amide bonds. The molecule has 4 nitrogen and oxygen atoms in total. The average molecular weight is 376 g/mol. The molecule has 1 aliphatic rings. The minimum absolute atomic E-state index is 0.227. The standard InChI is InChI=1S/C19H21NO3S2/c1-2-23-19(22)17-14-8-4-3-5-9-15(14)25-18(17)20-16(21)11-10-13-7-6-12-24-13/h6-7,10-12H,2-5,8-9H2,1H3,(H,20,21). The summed E-state index contributed by atoms with van der Waals surface area (Å²) in [6.45, 7) is 2.13. The van der Waals surface area contributed by atoms with E-state index in [-0.39, 0.29) is 11.9 Å². The highest BCUT2D eigenvalue weighted by molar-refractivity contribution is 7.17. The number of aryl methyl sites for hydroxylation is 1.